The average molecular weight is 197 g/mol. The van der Waals surface area contributed by atoms with Crippen molar-refractivity contribution in [2.24, 2.45) is 4.99 Å². The second kappa shape index (κ2) is 2.57. The molecule has 0 saturated heterocycles. The number of carbonyl (C=O) groups excluding carboxylic acids is 1. The van der Waals surface area contributed by atoms with E-state index < -0.39 is 14.7 Å². The number of carbonyl (C=O) groups is 1. The molecule has 1 heterocycles. The fourth-order valence-corrected chi connectivity index (χ4v) is 2.43. The van der Waals surface area contributed by atoms with Gasteiger partial charge in [0.05, 0.1) is 5.75 Å². The number of amides is 1. The van der Waals surface area contributed by atoms with E-state index in [0.717, 1.165) is 11.8 Å². The minimum atomic E-state index is -3.41. The summed E-state index contributed by atoms with van der Waals surface area (Å²) in [4.78, 5) is 13.7. The Labute approximate surface area is 66.6 Å². The molecule has 10 heavy (non-hydrogen) atoms. The molecule has 0 aromatic carbocycles. The van der Waals surface area contributed by atoms with E-state index in [1.54, 1.807) is 0 Å². The summed E-state index contributed by atoms with van der Waals surface area (Å²) in [5.41, 5.74) is 0. The lowest BCUT2D eigenvalue weighted by Crippen LogP contribution is -2.04. The smallest absolute Gasteiger partial charge is 0.257 e. The normalized spacial score (nSPS) is 24.1. The lowest BCUT2D eigenvalue weighted by atomic mass is 10.8. The molecule has 0 aromatic heterocycles. The van der Waals surface area contributed by atoms with Crippen LogP contribution in [0, 0.1) is 0 Å². The van der Waals surface area contributed by atoms with E-state index in [2.05, 4.69) is 16.2 Å². The van der Waals surface area contributed by atoms with Crippen LogP contribution in [0.4, 0.5) is 0 Å². The number of hydrogen-bond acceptors (Lipinski definition) is 4. The van der Waals surface area contributed by atoms with Crippen molar-refractivity contribution in [3.63, 3.8) is 0 Å². The van der Waals surface area contributed by atoms with E-state index in [-0.39, 0.29) is 10.1 Å². The Bertz CT molecular complexity index is 290. The highest BCUT2D eigenvalue weighted by Crippen LogP contribution is 2.16. The average Bonchev–Trinajstić information content (AvgIpc) is 2.11. The highest BCUT2D eigenvalue weighted by molar-refractivity contribution is 8.50. The van der Waals surface area contributed by atoms with Crippen molar-refractivity contribution in [1.29, 1.82) is 0 Å². The third-order valence-corrected chi connectivity index (χ3v) is 3.84. The number of rotatable bonds is 0. The third kappa shape index (κ3) is 1.75. The van der Waals surface area contributed by atoms with Crippen LogP contribution in [0.25, 0.3) is 0 Å². The van der Waals surface area contributed by atoms with Crippen molar-refractivity contribution >= 4 is 42.0 Å². The van der Waals surface area contributed by atoms with Crippen molar-refractivity contribution in [3.05, 3.63) is 0 Å². The van der Waals surface area contributed by atoms with Gasteiger partial charge in [0, 0.05) is 11.2 Å². The first-order valence-electron chi connectivity index (χ1n) is 2.22. The number of nitrogens with zero attached hydrogens (tertiary/aromatic N) is 1. The molecule has 0 bridgehead atoms. The molecule has 0 aliphatic carbocycles. The molecule has 0 spiro atoms. The monoisotopic (exact) mass is 197 g/mol. The summed E-state index contributed by atoms with van der Waals surface area (Å²) in [7, 11) is -3.41. The van der Waals surface area contributed by atoms with Crippen molar-refractivity contribution in [2.75, 3.05) is 5.75 Å². The van der Waals surface area contributed by atoms with Crippen LogP contribution in [0.3, 0.4) is 0 Å². The molecule has 1 aliphatic heterocycles. The second-order valence-corrected chi connectivity index (χ2v) is 5.45. The predicted molar refractivity (Wildman–Crippen MR) is 43.0 cm³/mol. The van der Waals surface area contributed by atoms with Gasteiger partial charge in [0.15, 0.2) is 13.1 Å². The van der Waals surface area contributed by atoms with Crippen molar-refractivity contribution in [2.45, 2.75) is 0 Å². The molecule has 1 aliphatic rings. The van der Waals surface area contributed by atoms with E-state index >= 15 is 0 Å². The summed E-state index contributed by atoms with van der Waals surface area (Å²) in [6, 6.07) is 0. The predicted octanol–water partition coefficient (Wildman–Crippen LogP) is -0.165. The number of thioether (sulfide) groups is 1. The minimum absolute atomic E-state index is 0.128. The Morgan fingerprint density at radius 3 is 2.60 bits per heavy atom. The first kappa shape index (κ1) is 8.12. The maximum atomic E-state index is 10.6. The molecule has 0 aromatic rings. The summed E-state index contributed by atoms with van der Waals surface area (Å²) in [6.07, 6.45) is 0. The van der Waals surface area contributed by atoms with Crippen molar-refractivity contribution in [1.82, 2.24) is 0 Å². The minimum Gasteiger partial charge on any atom is -0.300 e. The molecule has 1 amide bonds. The Morgan fingerprint density at radius 2 is 2.40 bits per heavy atom. The number of aliphatic imine (C=N–C) groups is 1. The molecular formula is C3H3NO3S3. The van der Waals surface area contributed by atoms with E-state index in [0.29, 0.717) is 0 Å². The maximum absolute atomic E-state index is 10.6. The molecule has 1 N–H and O–H groups in total. The fraction of sp³-hybridized carbons (Fsp3) is 0.333. The van der Waals surface area contributed by atoms with Crippen LogP contribution in [-0.4, -0.2) is 24.8 Å². The largest absolute Gasteiger partial charge is 0.300 e. The SMILES string of the molecule is O=C1CSC(S(=O)(O)=S)=N1. The van der Waals surface area contributed by atoms with Gasteiger partial charge in [0.2, 0.25) is 0 Å². The Morgan fingerprint density at radius 1 is 1.80 bits per heavy atom. The van der Waals surface area contributed by atoms with Crippen LogP contribution in [0.15, 0.2) is 4.99 Å². The highest BCUT2D eigenvalue weighted by Gasteiger charge is 2.21. The van der Waals surface area contributed by atoms with Crippen LogP contribution in [0.5, 0.6) is 0 Å². The zero-order valence-corrected chi connectivity index (χ0v) is 7.09. The molecular weight excluding hydrogens is 194 g/mol. The molecule has 1 rings (SSSR count). The first-order valence-corrected chi connectivity index (χ1v) is 5.64. The van der Waals surface area contributed by atoms with E-state index in [9.17, 15) is 9.00 Å². The van der Waals surface area contributed by atoms with Gasteiger partial charge in [-0.1, -0.05) is 11.8 Å². The quantitative estimate of drug-likeness (QED) is 0.584. The first-order chi connectivity index (χ1) is 4.50. The van der Waals surface area contributed by atoms with E-state index in [1.165, 1.54) is 0 Å². The van der Waals surface area contributed by atoms with Crippen LogP contribution >= 0.6 is 11.8 Å². The third-order valence-electron chi connectivity index (χ3n) is 0.756. The molecule has 7 heteroatoms. The molecule has 0 saturated carbocycles. The fourth-order valence-electron chi connectivity index (χ4n) is 0.422. The molecule has 1 atom stereocenters. The zero-order chi connectivity index (χ0) is 7.78. The van der Waals surface area contributed by atoms with Crippen molar-refractivity contribution in [3.8, 4) is 0 Å². The lowest BCUT2D eigenvalue weighted by molar-refractivity contribution is -0.115. The van der Waals surface area contributed by atoms with E-state index in [1.807, 2.05) is 0 Å². The van der Waals surface area contributed by atoms with Crippen LogP contribution in [0.1, 0.15) is 0 Å². The summed E-state index contributed by atoms with van der Waals surface area (Å²) < 4.78 is 19.1. The van der Waals surface area contributed by atoms with Gasteiger partial charge >= 0.3 is 0 Å². The lowest BCUT2D eigenvalue weighted by Gasteiger charge is -1.92. The van der Waals surface area contributed by atoms with Gasteiger partial charge in [-0.3, -0.25) is 4.79 Å². The van der Waals surface area contributed by atoms with Crippen LogP contribution in [0.2, 0.25) is 0 Å². The molecule has 4 nitrogen and oxygen atoms in total. The van der Waals surface area contributed by atoms with Crippen LogP contribution in [-0.2, 0) is 24.8 Å². The van der Waals surface area contributed by atoms with Crippen molar-refractivity contribution < 1.29 is 13.6 Å². The van der Waals surface area contributed by atoms with Gasteiger partial charge in [-0.15, -0.1) is 0 Å². The Kier molecular flexibility index (Phi) is 2.09. The Balaban J connectivity index is 2.98. The standard InChI is InChI=1S/C3H3NO3S3/c5-2-1-9-3(4-2)10(6,7)8/h1H2,(H,6,7,8). The van der Waals surface area contributed by atoms with Gasteiger partial charge in [-0.2, -0.15) is 4.99 Å². The van der Waals surface area contributed by atoms with Gasteiger partial charge in [0.25, 0.3) is 5.91 Å². The van der Waals surface area contributed by atoms with Gasteiger partial charge in [0.1, 0.15) is 0 Å². The molecule has 56 valence electrons. The summed E-state index contributed by atoms with van der Waals surface area (Å²) >= 11 is 5.11. The highest BCUT2D eigenvalue weighted by atomic mass is 32.8. The van der Waals surface area contributed by atoms with E-state index in [4.69, 9.17) is 4.55 Å². The topological polar surface area (TPSA) is 66.7 Å². The summed E-state index contributed by atoms with van der Waals surface area (Å²) in [5.74, 6) is -0.268. The summed E-state index contributed by atoms with van der Waals surface area (Å²) in [5, 5.41) is 0. The Hall–Kier alpha value is 0.0200. The van der Waals surface area contributed by atoms with Gasteiger partial charge in [-0.05, 0) is 0 Å². The van der Waals surface area contributed by atoms with Gasteiger partial charge < -0.3 is 4.55 Å². The molecule has 0 radical (unpaired) electrons. The van der Waals surface area contributed by atoms with Gasteiger partial charge in [-0.25, -0.2) is 4.21 Å². The second-order valence-electron chi connectivity index (χ2n) is 1.54. The maximum Gasteiger partial charge on any atom is 0.257 e. The van der Waals surface area contributed by atoms with Crippen LogP contribution < -0.4 is 0 Å². The molecule has 1 unspecified atom stereocenters. The molecule has 0 fully saturated rings. The zero-order valence-electron chi connectivity index (χ0n) is 4.64. The number of hydrogen-bond donors (Lipinski definition) is 1. The summed E-state index contributed by atoms with van der Waals surface area (Å²) in [6.45, 7) is 0.